The summed E-state index contributed by atoms with van der Waals surface area (Å²) >= 11 is 0. The maximum absolute atomic E-state index is 12.3. The number of hydrogen-bond acceptors (Lipinski definition) is 8. The molecule has 0 radical (unpaired) electrons. The van der Waals surface area contributed by atoms with Crippen molar-refractivity contribution in [3.05, 3.63) is 24.3 Å². The van der Waals surface area contributed by atoms with Crippen LogP contribution in [0.3, 0.4) is 0 Å². The van der Waals surface area contributed by atoms with E-state index in [0.29, 0.717) is 40.5 Å². The molecule has 7 rings (SSSR count). The molecule has 0 amide bonds. The molecule has 4 saturated carbocycles. The summed E-state index contributed by atoms with van der Waals surface area (Å²) in [5.74, 6) is 9.98. The van der Waals surface area contributed by atoms with Crippen LogP contribution in [0.2, 0.25) is 0 Å². The van der Waals surface area contributed by atoms with Crippen molar-refractivity contribution in [2.75, 3.05) is 55.7 Å². The summed E-state index contributed by atoms with van der Waals surface area (Å²) in [7, 11) is -1.83. The van der Waals surface area contributed by atoms with Gasteiger partial charge in [-0.2, -0.15) is 0 Å². The van der Waals surface area contributed by atoms with E-state index in [1.165, 1.54) is 63.4 Å². The first kappa shape index (κ1) is 37.3. The number of carbonyl (C=O) groups is 1. The fourth-order valence-corrected chi connectivity index (χ4v) is 15.5. The molecule has 0 spiro atoms. The van der Waals surface area contributed by atoms with Crippen molar-refractivity contribution < 1.29 is 13.7 Å². The molecule has 2 saturated heterocycles. The van der Waals surface area contributed by atoms with E-state index in [-0.39, 0.29) is 16.8 Å². The van der Waals surface area contributed by atoms with Gasteiger partial charge in [0.15, 0.2) is 5.82 Å². The summed E-state index contributed by atoms with van der Waals surface area (Å²) in [6, 6.07) is 3.73. The molecule has 2 aliphatic heterocycles. The van der Waals surface area contributed by atoms with Crippen LogP contribution in [0.25, 0.3) is 0 Å². The molecule has 1 N–H and O–H groups in total. The third kappa shape index (κ3) is 6.11. The van der Waals surface area contributed by atoms with Crippen LogP contribution in [0.15, 0.2) is 24.3 Å². The summed E-state index contributed by atoms with van der Waals surface area (Å²) in [5.41, 5.74) is 2.67. The van der Waals surface area contributed by atoms with E-state index in [0.717, 1.165) is 74.8 Å². The Morgan fingerprint density at radius 2 is 1.73 bits per heavy atom. The molecule has 9 heteroatoms. The van der Waals surface area contributed by atoms with Gasteiger partial charge in [0.05, 0.1) is 0 Å². The molecular weight excluding hydrogens is 655 g/mol. The molecule has 6 fully saturated rings. The number of anilines is 1. The summed E-state index contributed by atoms with van der Waals surface area (Å²) < 4.78 is 17.3. The van der Waals surface area contributed by atoms with Crippen molar-refractivity contribution in [2.45, 2.75) is 111 Å². The number of ether oxygens (including phenoxy) is 1. The SMILES string of the molecule is C=C(C)[C@@H]1CC[C@]2(CNCCCN3CCS(=C)(=O)CC3)CC[C@]3(C)[C@H](CC[C@@H]4[C@@]5(C)CCN(c6ccc(OC=O)nn6)C(C)(C)[C@@H]5CC[C@]43C)[C@@H]12. The number of nitrogens with zero attached hydrogens (tertiary/aromatic N) is 4. The molecule has 0 unspecified atom stereocenters. The van der Waals surface area contributed by atoms with Crippen LogP contribution >= 0.6 is 0 Å². The molecule has 51 heavy (non-hydrogen) atoms. The van der Waals surface area contributed by atoms with Crippen LogP contribution in [-0.2, 0) is 14.3 Å². The topological polar surface area (TPSA) is 87.7 Å². The third-order valence-electron chi connectivity index (χ3n) is 16.9. The Morgan fingerprint density at radius 3 is 2.41 bits per heavy atom. The minimum absolute atomic E-state index is 0.0550. The van der Waals surface area contributed by atoms with Gasteiger partial charge in [-0.1, -0.05) is 32.9 Å². The van der Waals surface area contributed by atoms with Crippen molar-refractivity contribution in [3.63, 3.8) is 0 Å². The predicted molar refractivity (Wildman–Crippen MR) is 210 cm³/mol. The van der Waals surface area contributed by atoms with Gasteiger partial charge in [0.1, 0.15) is 0 Å². The molecule has 284 valence electrons. The van der Waals surface area contributed by atoms with Crippen molar-refractivity contribution in [1.82, 2.24) is 20.4 Å². The Bertz CT molecular complexity index is 1570. The Morgan fingerprint density at radius 1 is 0.961 bits per heavy atom. The molecule has 8 nitrogen and oxygen atoms in total. The molecule has 0 aromatic carbocycles. The highest BCUT2D eigenvalue weighted by molar-refractivity contribution is 8.00. The number of piperidine rings is 1. The Labute approximate surface area is 309 Å². The molecule has 9 atom stereocenters. The molecule has 6 aliphatic rings. The standard InChI is InChI=1S/C42H67N5O3S/c1-30(2)31-14-17-42(28-43-21-9-22-46-24-26-51(8,49)27-25-46)19-18-40(6)32(37(31)42)10-11-34-39(5)20-23-47(35-12-13-36(45-44-35)50-29-48)38(3,4)33(39)15-16-41(34,40)7/h12-13,29,31-34,37,43H,1,8-11,14-28H2,2-7H3/t31-,32+,33-,34+,37+,39-,40+,41+,42+/m0/s1. The van der Waals surface area contributed by atoms with Gasteiger partial charge in [0.25, 0.3) is 6.47 Å². The fourth-order valence-electron chi connectivity index (χ4n) is 14.1. The average molecular weight is 722 g/mol. The molecule has 4 aliphatic carbocycles. The summed E-state index contributed by atoms with van der Waals surface area (Å²) in [6.07, 6.45) is 12.9. The number of hydrogen-bond donors (Lipinski definition) is 1. The lowest BCUT2D eigenvalue weighted by molar-refractivity contribution is -0.227. The van der Waals surface area contributed by atoms with E-state index in [4.69, 9.17) is 4.74 Å². The van der Waals surface area contributed by atoms with Gasteiger partial charge in [0.2, 0.25) is 5.88 Å². The van der Waals surface area contributed by atoms with E-state index in [1.807, 2.05) is 6.07 Å². The number of aromatic nitrogens is 2. The molecular formula is C42H67N5O3S. The zero-order valence-corrected chi connectivity index (χ0v) is 33.5. The van der Waals surface area contributed by atoms with E-state index in [1.54, 1.807) is 6.07 Å². The van der Waals surface area contributed by atoms with Gasteiger partial charge in [-0.25, -0.2) is 0 Å². The number of carbonyl (C=O) groups excluding carboxylic acids is 1. The minimum Gasteiger partial charge on any atom is -0.408 e. The normalized spacial score (nSPS) is 41.5. The highest BCUT2D eigenvalue weighted by Gasteiger charge is 2.70. The Hall–Kier alpha value is -1.97. The highest BCUT2D eigenvalue weighted by Crippen LogP contribution is 2.76. The van der Waals surface area contributed by atoms with E-state index in [2.05, 4.69) is 79.3 Å². The smallest absolute Gasteiger partial charge is 0.299 e. The van der Waals surface area contributed by atoms with Crippen molar-refractivity contribution in [2.24, 2.45) is 51.2 Å². The van der Waals surface area contributed by atoms with Crippen LogP contribution in [-0.4, -0.2) is 88.0 Å². The molecule has 1 aromatic heterocycles. The number of rotatable bonds is 10. The first-order valence-electron chi connectivity index (χ1n) is 20.2. The van der Waals surface area contributed by atoms with Gasteiger partial charge >= 0.3 is 0 Å². The second kappa shape index (κ2) is 13.4. The van der Waals surface area contributed by atoms with E-state index < -0.39 is 9.52 Å². The Kier molecular flexibility index (Phi) is 9.82. The average Bonchev–Trinajstić information content (AvgIpc) is 3.46. The zero-order valence-electron chi connectivity index (χ0n) is 32.7. The predicted octanol–water partition coefficient (Wildman–Crippen LogP) is 6.85. The lowest BCUT2D eigenvalue weighted by Gasteiger charge is -2.73. The van der Waals surface area contributed by atoms with E-state index in [9.17, 15) is 9.00 Å². The van der Waals surface area contributed by atoms with Gasteiger partial charge in [-0.05, 0) is 171 Å². The van der Waals surface area contributed by atoms with Crippen LogP contribution < -0.4 is 15.0 Å². The zero-order chi connectivity index (χ0) is 36.5. The van der Waals surface area contributed by atoms with Crippen LogP contribution in [0, 0.1) is 51.2 Å². The lowest BCUT2D eigenvalue weighted by atomic mass is 9.33. The van der Waals surface area contributed by atoms with Gasteiger partial charge in [0, 0.05) is 49.3 Å². The van der Waals surface area contributed by atoms with Gasteiger partial charge in [-0.3, -0.25) is 9.00 Å². The first-order chi connectivity index (χ1) is 24.1. The summed E-state index contributed by atoms with van der Waals surface area (Å²) in [4.78, 5) is 15.8. The fraction of sp³-hybridized carbons (Fsp3) is 0.810. The van der Waals surface area contributed by atoms with Crippen molar-refractivity contribution >= 4 is 27.7 Å². The monoisotopic (exact) mass is 721 g/mol. The van der Waals surface area contributed by atoms with Gasteiger partial charge in [-0.15, -0.1) is 10.2 Å². The Balaban J connectivity index is 1.07. The van der Waals surface area contributed by atoms with E-state index >= 15 is 0 Å². The molecule has 3 heterocycles. The maximum atomic E-state index is 12.3. The second-order valence-electron chi connectivity index (χ2n) is 19.3. The van der Waals surface area contributed by atoms with Crippen molar-refractivity contribution in [1.29, 1.82) is 0 Å². The summed E-state index contributed by atoms with van der Waals surface area (Å²) in [5, 5.41) is 12.7. The second-order valence-corrected chi connectivity index (χ2v) is 22.0. The first-order valence-corrected chi connectivity index (χ1v) is 22.3. The van der Waals surface area contributed by atoms with Crippen molar-refractivity contribution in [3.8, 4) is 5.88 Å². The van der Waals surface area contributed by atoms with Crippen LogP contribution in [0.1, 0.15) is 106 Å². The van der Waals surface area contributed by atoms with Crippen LogP contribution in [0.5, 0.6) is 5.88 Å². The number of allylic oxidation sites excluding steroid dienone is 1. The lowest BCUT2D eigenvalue weighted by Crippen LogP contribution is -2.70. The number of nitrogens with one attached hydrogen (secondary N) is 1. The largest absolute Gasteiger partial charge is 0.408 e. The number of fused-ring (bicyclic) bond motifs is 7. The summed E-state index contributed by atoms with van der Waals surface area (Å²) in [6.45, 7) is 26.6. The third-order valence-corrected chi connectivity index (χ3v) is 18.7. The minimum atomic E-state index is -1.83. The maximum Gasteiger partial charge on any atom is 0.299 e. The van der Waals surface area contributed by atoms with Crippen LogP contribution in [0.4, 0.5) is 5.82 Å². The molecule has 0 bridgehead atoms. The molecule has 1 aromatic rings. The highest BCUT2D eigenvalue weighted by atomic mass is 32.2. The quantitative estimate of drug-likeness (QED) is 0.122. The van der Waals surface area contributed by atoms with Gasteiger partial charge < -0.3 is 19.9 Å².